The molecular weight excluding hydrogens is 380 g/mol. The number of nitrogens with zero attached hydrogens (tertiary/aromatic N) is 2. The Morgan fingerprint density at radius 3 is 2.68 bits per heavy atom. The summed E-state index contributed by atoms with van der Waals surface area (Å²) in [5.74, 6) is 1.20. The summed E-state index contributed by atoms with van der Waals surface area (Å²) >= 11 is 3.47. The second-order valence-electron chi connectivity index (χ2n) is 6.08. The van der Waals surface area contributed by atoms with Gasteiger partial charge in [-0.3, -0.25) is 4.79 Å². The van der Waals surface area contributed by atoms with Crippen molar-refractivity contribution >= 4 is 21.8 Å². The van der Waals surface area contributed by atoms with E-state index in [1.54, 1.807) is 6.20 Å². The van der Waals surface area contributed by atoms with Gasteiger partial charge < -0.3 is 9.32 Å². The SMILES string of the molecule is O=C(c1ccccc1-c1ncc(-c2cccc(Br)c2)o1)N1CCCC1. The van der Waals surface area contributed by atoms with E-state index >= 15 is 0 Å². The zero-order valence-electron chi connectivity index (χ0n) is 13.6. The highest BCUT2D eigenvalue weighted by Gasteiger charge is 2.23. The van der Waals surface area contributed by atoms with Gasteiger partial charge in [-0.05, 0) is 37.1 Å². The molecule has 1 aromatic heterocycles. The number of aromatic nitrogens is 1. The van der Waals surface area contributed by atoms with Gasteiger partial charge in [0, 0.05) is 28.7 Å². The van der Waals surface area contributed by atoms with E-state index in [1.165, 1.54) is 0 Å². The highest BCUT2D eigenvalue weighted by atomic mass is 79.9. The first-order chi connectivity index (χ1) is 12.2. The molecule has 0 spiro atoms. The molecule has 2 heterocycles. The standard InChI is InChI=1S/C20H17BrN2O2/c21-15-7-5-6-14(12-15)18-13-22-19(25-18)16-8-1-2-9-17(16)20(24)23-10-3-4-11-23/h1-2,5-9,12-13H,3-4,10-11H2. The molecule has 4 rings (SSSR count). The lowest BCUT2D eigenvalue weighted by molar-refractivity contribution is 0.0793. The molecule has 5 heteroatoms. The number of benzene rings is 2. The Hall–Kier alpha value is -2.40. The summed E-state index contributed by atoms with van der Waals surface area (Å²) in [7, 11) is 0. The third-order valence-corrected chi connectivity index (χ3v) is 4.89. The van der Waals surface area contributed by atoms with Gasteiger partial charge in [-0.1, -0.05) is 40.2 Å². The normalized spacial score (nSPS) is 14.0. The van der Waals surface area contributed by atoms with Crippen molar-refractivity contribution in [3.63, 3.8) is 0 Å². The Morgan fingerprint density at radius 2 is 1.88 bits per heavy atom. The molecule has 1 aliphatic heterocycles. The van der Waals surface area contributed by atoms with Gasteiger partial charge in [0.05, 0.1) is 11.8 Å². The summed E-state index contributed by atoms with van der Waals surface area (Å²) in [5.41, 5.74) is 2.32. The molecule has 0 bridgehead atoms. The van der Waals surface area contributed by atoms with E-state index in [0.717, 1.165) is 41.5 Å². The maximum atomic E-state index is 12.8. The van der Waals surface area contributed by atoms with E-state index in [-0.39, 0.29) is 5.91 Å². The molecule has 0 radical (unpaired) electrons. The van der Waals surface area contributed by atoms with Gasteiger partial charge >= 0.3 is 0 Å². The molecule has 0 saturated carbocycles. The Labute approximate surface area is 154 Å². The second-order valence-corrected chi connectivity index (χ2v) is 7.00. The maximum Gasteiger partial charge on any atom is 0.254 e. The van der Waals surface area contributed by atoms with Crippen molar-refractivity contribution in [1.82, 2.24) is 9.88 Å². The number of amides is 1. The summed E-state index contributed by atoms with van der Waals surface area (Å²) in [6.45, 7) is 1.64. The highest BCUT2D eigenvalue weighted by Crippen LogP contribution is 2.30. The number of likely N-dealkylation sites (tertiary alicyclic amines) is 1. The van der Waals surface area contributed by atoms with Gasteiger partial charge in [0.25, 0.3) is 5.91 Å². The molecule has 126 valence electrons. The molecule has 0 atom stereocenters. The third kappa shape index (κ3) is 3.24. The number of hydrogen-bond acceptors (Lipinski definition) is 3. The second kappa shape index (κ2) is 6.84. The first-order valence-corrected chi connectivity index (χ1v) is 9.12. The van der Waals surface area contributed by atoms with Crippen molar-refractivity contribution < 1.29 is 9.21 Å². The van der Waals surface area contributed by atoms with E-state index < -0.39 is 0 Å². The predicted octanol–water partition coefficient (Wildman–Crippen LogP) is 5.01. The van der Waals surface area contributed by atoms with Crippen molar-refractivity contribution in [2.24, 2.45) is 0 Å². The maximum absolute atomic E-state index is 12.8. The van der Waals surface area contributed by atoms with Crippen LogP contribution in [0, 0.1) is 0 Å². The summed E-state index contributed by atoms with van der Waals surface area (Å²) in [6.07, 6.45) is 3.84. The molecule has 1 amide bonds. The molecule has 4 nitrogen and oxygen atoms in total. The number of hydrogen-bond donors (Lipinski definition) is 0. The van der Waals surface area contributed by atoms with Crippen LogP contribution in [0.4, 0.5) is 0 Å². The van der Waals surface area contributed by atoms with Gasteiger partial charge in [0.2, 0.25) is 5.89 Å². The minimum atomic E-state index is 0.0512. The van der Waals surface area contributed by atoms with Crippen LogP contribution in [0.1, 0.15) is 23.2 Å². The van der Waals surface area contributed by atoms with Crippen LogP contribution in [0.15, 0.2) is 63.6 Å². The topological polar surface area (TPSA) is 46.3 Å². The van der Waals surface area contributed by atoms with E-state index in [4.69, 9.17) is 4.42 Å². The minimum absolute atomic E-state index is 0.0512. The van der Waals surface area contributed by atoms with Gasteiger partial charge in [-0.15, -0.1) is 0 Å². The summed E-state index contributed by atoms with van der Waals surface area (Å²) in [5, 5.41) is 0. The van der Waals surface area contributed by atoms with Crippen LogP contribution in [0.5, 0.6) is 0 Å². The molecule has 1 fully saturated rings. The van der Waals surface area contributed by atoms with E-state index in [9.17, 15) is 4.79 Å². The van der Waals surface area contributed by atoms with Gasteiger partial charge in [-0.25, -0.2) is 4.98 Å². The average Bonchev–Trinajstić information content (AvgIpc) is 3.33. The molecule has 0 aliphatic carbocycles. The van der Waals surface area contributed by atoms with Crippen LogP contribution in [-0.2, 0) is 0 Å². The first-order valence-electron chi connectivity index (χ1n) is 8.33. The van der Waals surface area contributed by atoms with Crippen LogP contribution in [0.2, 0.25) is 0 Å². The number of rotatable bonds is 3. The monoisotopic (exact) mass is 396 g/mol. The molecule has 1 saturated heterocycles. The smallest absolute Gasteiger partial charge is 0.254 e. The molecule has 0 N–H and O–H groups in total. The predicted molar refractivity (Wildman–Crippen MR) is 100 cm³/mol. The fourth-order valence-electron chi connectivity index (χ4n) is 3.12. The van der Waals surface area contributed by atoms with Gasteiger partial charge in [0.15, 0.2) is 5.76 Å². The summed E-state index contributed by atoms with van der Waals surface area (Å²) in [4.78, 5) is 19.1. The van der Waals surface area contributed by atoms with E-state index in [2.05, 4.69) is 20.9 Å². The highest BCUT2D eigenvalue weighted by molar-refractivity contribution is 9.10. The molecule has 3 aromatic rings. The third-order valence-electron chi connectivity index (χ3n) is 4.40. The zero-order chi connectivity index (χ0) is 17.2. The lowest BCUT2D eigenvalue weighted by atomic mass is 10.1. The first kappa shape index (κ1) is 16.1. The number of halogens is 1. The van der Waals surface area contributed by atoms with Crippen molar-refractivity contribution in [3.8, 4) is 22.8 Å². The Bertz CT molecular complexity index is 913. The van der Waals surface area contributed by atoms with Crippen LogP contribution >= 0.6 is 15.9 Å². The molecular formula is C20H17BrN2O2. The summed E-state index contributed by atoms with van der Waals surface area (Å²) in [6, 6.07) is 15.4. The van der Waals surface area contributed by atoms with Crippen molar-refractivity contribution in [2.75, 3.05) is 13.1 Å². The van der Waals surface area contributed by atoms with E-state index in [0.29, 0.717) is 17.2 Å². The molecule has 1 aliphatic rings. The zero-order valence-corrected chi connectivity index (χ0v) is 15.2. The van der Waals surface area contributed by atoms with Gasteiger partial charge in [0.1, 0.15) is 0 Å². The Balaban J connectivity index is 1.70. The van der Waals surface area contributed by atoms with E-state index in [1.807, 2.05) is 53.4 Å². The average molecular weight is 397 g/mol. The Kier molecular flexibility index (Phi) is 4.40. The van der Waals surface area contributed by atoms with Crippen LogP contribution in [-0.4, -0.2) is 28.9 Å². The fourth-order valence-corrected chi connectivity index (χ4v) is 3.52. The molecule has 2 aromatic carbocycles. The fraction of sp³-hybridized carbons (Fsp3) is 0.200. The van der Waals surface area contributed by atoms with Crippen LogP contribution in [0.3, 0.4) is 0 Å². The minimum Gasteiger partial charge on any atom is -0.436 e. The summed E-state index contributed by atoms with van der Waals surface area (Å²) < 4.78 is 6.94. The largest absolute Gasteiger partial charge is 0.436 e. The van der Waals surface area contributed by atoms with Crippen molar-refractivity contribution in [2.45, 2.75) is 12.8 Å². The quantitative estimate of drug-likeness (QED) is 0.625. The molecule has 0 unspecified atom stereocenters. The van der Waals surface area contributed by atoms with Crippen molar-refractivity contribution in [3.05, 3.63) is 64.8 Å². The van der Waals surface area contributed by atoms with Crippen LogP contribution in [0.25, 0.3) is 22.8 Å². The number of carbonyl (C=O) groups is 1. The Morgan fingerprint density at radius 1 is 1.08 bits per heavy atom. The van der Waals surface area contributed by atoms with Crippen molar-refractivity contribution in [1.29, 1.82) is 0 Å². The lowest BCUT2D eigenvalue weighted by Crippen LogP contribution is -2.28. The lowest BCUT2D eigenvalue weighted by Gasteiger charge is -2.16. The number of carbonyl (C=O) groups excluding carboxylic acids is 1. The van der Waals surface area contributed by atoms with Crippen LogP contribution < -0.4 is 0 Å². The van der Waals surface area contributed by atoms with Gasteiger partial charge in [-0.2, -0.15) is 0 Å². The number of oxazole rings is 1. The molecule has 25 heavy (non-hydrogen) atoms.